The molecule has 0 radical (unpaired) electrons. The summed E-state index contributed by atoms with van der Waals surface area (Å²) in [5, 5.41) is 1.51. The second-order valence-electron chi connectivity index (χ2n) is 5.35. The molecule has 132 valence electrons. The Bertz CT molecular complexity index is 718. The maximum absolute atomic E-state index is 12.2. The average Bonchev–Trinajstić information content (AvgIpc) is 2.54. The van der Waals surface area contributed by atoms with Crippen LogP contribution in [-0.2, 0) is 14.8 Å². The highest BCUT2D eigenvalue weighted by molar-refractivity contribution is 14.1. The zero-order valence-electron chi connectivity index (χ0n) is 12.9. The topological polar surface area (TPSA) is 75.7 Å². The average molecular weight is 485 g/mol. The molecule has 0 unspecified atom stereocenters. The first-order chi connectivity index (χ1) is 11.3. The molecule has 0 bridgehead atoms. The number of halogens is 2. The molecule has 0 saturated carbocycles. The van der Waals surface area contributed by atoms with Crippen LogP contribution in [0.3, 0.4) is 0 Å². The van der Waals surface area contributed by atoms with Gasteiger partial charge in [0.05, 0.1) is 3.57 Å². The largest absolute Gasteiger partial charge is 0.483 e. The molecule has 0 spiro atoms. The van der Waals surface area contributed by atoms with Crippen LogP contribution < -0.4 is 9.46 Å². The molecule has 0 atom stereocenters. The van der Waals surface area contributed by atoms with Gasteiger partial charge in [-0.25, -0.2) is 13.1 Å². The van der Waals surface area contributed by atoms with Gasteiger partial charge in [0, 0.05) is 29.6 Å². The molecule has 1 aromatic rings. The number of rotatable bonds is 6. The van der Waals surface area contributed by atoms with Crippen molar-refractivity contribution in [3.05, 3.63) is 38.8 Å². The number of ether oxygens (including phenoxy) is 1. The molecule has 6 nitrogen and oxygen atoms in total. The van der Waals surface area contributed by atoms with Gasteiger partial charge in [0.1, 0.15) is 5.75 Å². The number of hydrogen-bond acceptors (Lipinski definition) is 4. The van der Waals surface area contributed by atoms with Crippen molar-refractivity contribution in [2.45, 2.75) is 18.9 Å². The summed E-state index contributed by atoms with van der Waals surface area (Å²) in [4.78, 5) is 13.9. The van der Waals surface area contributed by atoms with Crippen LogP contribution >= 0.6 is 34.2 Å². The monoisotopic (exact) mass is 484 g/mol. The number of nitrogens with zero attached hydrogens (tertiary/aromatic N) is 1. The Hall–Kier alpha value is -0.840. The first-order valence-electron chi connectivity index (χ1n) is 7.31. The number of carbonyl (C=O) groups excluding carboxylic acids is 1. The zero-order chi connectivity index (χ0) is 17.7. The lowest BCUT2D eigenvalue weighted by atomic mass is 10.1. The molecule has 2 rings (SSSR count). The first-order valence-corrected chi connectivity index (χ1v) is 10.3. The second-order valence-corrected chi connectivity index (χ2v) is 8.61. The van der Waals surface area contributed by atoms with Gasteiger partial charge in [-0.1, -0.05) is 18.2 Å². The lowest BCUT2D eigenvalue weighted by Gasteiger charge is -2.32. The van der Waals surface area contributed by atoms with Crippen LogP contribution in [0.5, 0.6) is 5.75 Å². The summed E-state index contributed by atoms with van der Waals surface area (Å²) in [6.07, 6.45) is 1.13. The van der Waals surface area contributed by atoms with Gasteiger partial charge < -0.3 is 9.64 Å². The van der Waals surface area contributed by atoms with Crippen molar-refractivity contribution in [3.63, 3.8) is 0 Å². The van der Waals surface area contributed by atoms with Gasteiger partial charge in [-0.05, 0) is 53.6 Å². The molecule has 1 fully saturated rings. The van der Waals surface area contributed by atoms with Crippen molar-refractivity contribution < 1.29 is 17.9 Å². The molecule has 24 heavy (non-hydrogen) atoms. The fraction of sp³-hybridized carbons (Fsp3) is 0.400. The van der Waals surface area contributed by atoms with Crippen LogP contribution in [0.2, 0.25) is 5.02 Å². The Morgan fingerprint density at radius 3 is 2.71 bits per heavy atom. The van der Waals surface area contributed by atoms with Crippen molar-refractivity contribution in [3.8, 4) is 5.75 Å². The number of hydrogen-bond donors (Lipinski definition) is 1. The van der Waals surface area contributed by atoms with Crippen LogP contribution in [0.4, 0.5) is 0 Å². The zero-order valence-corrected chi connectivity index (χ0v) is 16.6. The van der Waals surface area contributed by atoms with Crippen LogP contribution in [-0.4, -0.2) is 45.0 Å². The first kappa shape index (κ1) is 19.5. The van der Waals surface area contributed by atoms with E-state index in [-0.39, 0.29) is 18.6 Å². The van der Waals surface area contributed by atoms with Crippen LogP contribution in [0.1, 0.15) is 12.8 Å². The Morgan fingerprint density at radius 1 is 1.46 bits per heavy atom. The van der Waals surface area contributed by atoms with Gasteiger partial charge in [-0.15, -0.1) is 0 Å². The summed E-state index contributed by atoms with van der Waals surface area (Å²) in [5.74, 6) is 0.493. The smallest absolute Gasteiger partial charge is 0.260 e. The normalized spacial score (nSPS) is 16.0. The Kier molecular flexibility index (Phi) is 6.90. The van der Waals surface area contributed by atoms with Crippen molar-refractivity contribution in [1.29, 1.82) is 0 Å². The summed E-state index contributed by atoms with van der Waals surface area (Å²) in [6, 6.07) is 5.03. The van der Waals surface area contributed by atoms with E-state index >= 15 is 0 Å². The second kappa shape index (κ2) is 8.50. The molecule has 0 aliphatic carbocycles. The van der Waals surface area contributed by atoms with Crippen molar-refractivity contribution >= 4 is 50.1 Å². The maximum atomic E-state index is 12.2. The summed E-state index contributed by atoms with van der Waals surface area (Å²) >= 11 is 7.98. The minimum absolute atomic E-state index is 0.0549. The number of nitrogens with one attached hydrogen (secondary N) is 1. The van der Waals surface area contributed by atoms with Gasteiger partial charge in [0.25, 0.3) is 5.91 Å². The van der Waals surface area contributed by atoms with Crippen molar-refractivity contribution in [1.82, 2.24) is 9.62 Å². The third-order valence-corrected chi connectivity index (χ3v) is 5.82. The fourth-order valence-electron chi connectivity index (χ4n) is 2.35. The summed E-state index contributed by atoms with van der Waals surface area (Å²) in [6.45, 7) is 4.19. The van der Waals surface area contributed by atoms with Gasteiger partial charge in [-0.2, -0.15) is 0 Å². The van der Waals surface area contributed by atoms with Gasteiger partial charge >= 0.3 is 0 Å². The molecular weight excluding hydrogens is 467 g/mol. The van der Waals surface area contributed by atoms with E-state index in [1.165, 1.54) is 0 Å². The van der Waals surface area contributed by atoms with E-state index < -0.39 is 10.0 Å². The van der Waals surface area contributed by atoms with Gasteiger partial charge in [-0.3, -0.25) is 4.79 Å². The molecule has 1 heterocycles. The van der Waals surface area contributed by atoms with E-state index in [2.05, 4.69) is 33.9 Å². The summed E-state index contributed by atoms with van der Waals surface area (Å²) in [5.41, 5.74) is 0. The highest BCUT2D eigenvalue weighted by Gasteiger charge is 2.25. The third-order valence-electron chi connectivity index (χ3n) is 3.64. The minimum atomic E-state index is -3.44. The van der Waals surface area contributed by atoms with Gasteiger partial charge in [0.15, 0.2) is 6.61 Å². The number of sulfonamides is 1. The maximum Gasteiger partial charge on any atom is 0.260 e. The van der Waals surface area contributed by atoms with E-state index in [0.29, 0.717) is 36.7 Å². The number of likely N-dealkylation sites (tertiary alicyclic amines) is 1. The number of amides is 1. The molecule has 1 aliphatic rings. The van der Waals surface area contributed by atoms with E-state index in [1.54, 1.807) is 23.1 Å². The number of carbonyl (C=O) groups is 1. The molecule has 9 heteroatoms. The lowest BCUT2D eigenvalue weighted by Crippen LogP contribution is -2.47. The van der Waals surface area contributed by atoms with Crippen LogP contribution in [0.15, 0.2) is 30.2 Å². The summed E-state index contributed by atoms with van der Waals surface area (Å²) < 4.78 is 31.9. The Balaban J connectivity index is 1.81. The molecule has 1 saturated heterocycles. The molecule has 1 N–H and O–H groups in total. The summed E-state index contributed by atoms with van der Waals surface area (Å²) in [7, 11) is -3.44. The predicted molar refractivity (Wildman–Crippen MR) is 102 cm³/mol. The van der Waals surface area contributed by atoms with E-state index in [9.17, 15) is 13.2 Å². The van der Waals surface area contributed by atoms with E-state index in [4.69, 9.17) is 16.3 Å². The van der Waals surface area contributed by atoms with Crippen LogP contribution in [0.25, 0.3) is 0 Å². The number of piperidine rings is 1. The molecule has 0 aromatic heterocycles. The van der Waals surface area contributed by atoms with Crippen molar-refractivity contribution in [2.75, 3.05) is 19.7 Å². The SMILES string of the molecule is C=CS(=O)(=O)NC1CCN(C(=O)COc2ccc(Cl)cc2I)CC1. The molecular formula is C15H18ClIN2O4S. The number of benzene rings is 1. The Labute approximate surface area is 160 Å². The lowest BCUT2D eigenvalue weighted by molar-refractivity contribution is -0.134. The van der Waals surface area contributed by atoms with Gasteiger partial charge in [0.2, 0.25) is 10.0 Å². The molecule has 1 aromatic carbocycles. The van der Waals surface area contributed by atoms with Crippen LogP contribution in [0, 0.1) is 3.57 Å². The van der Waals surface area contributed by atoms with Crippen molar-refractivity contribution in [2.24, 2.45) is 0 Å². The quantitative estimate of drug-likeness (QED) is 0.629. The highest BCUT2D eigenvalue weighted by Crippen LogP contribution is 2.24. The fourth-order valence-corrected chi connectivity index (χ4v) is 4.17. The standard InChI is InChI=1S/C15H18ClIN2O4S/c1-2-24(21,22)18-12-5-7-19(8-6-12)15(20)10-23-14-4-3-11(16)9-13(14)17/h2-4,9,12,18H,1,5-8,10H2. The predicted octanol–water partition coefficient (Wildman–Crippen LogP) is 2.38. The van der Waals surface area contributed by atoms with E-state index in [1.807, 2.05) is 0 Å². The molecule has 1 amide bonds. The molecule has 1 aliphatic heterocycles. The Morgan fingerprint density at radius 2 is 2.12 bits per heavy atom. The highest BCUT2D eigenvalue weighted by atomic mass is 127. The third kappa shape index (κ3) is 5.61. The minimum Gasteiger partial charge on any atom is -0.483 e. The van der Waals surface area contributed by atoms with E-state index in [0.717, 1.165) is 8.98 Å².